The van der Waals surface area contributed by atoms with E-state index >= 15 is 0 Å². The molecular weight excluding hydrogens is 252 g/mol. The Hall–Kier alpha value is -1.95. The van der Waals surface area contributed by atoms with Gasteiger partial charge in [0.2, 0.25) is 5.95 Å². The first kappa shape index (κ1) is 13.1. The number of nitrogens with two attached hydrogens (primary N) is 1. The summed E-state index contributed by atoms with van der Waals surface area (Å²) in [5, 5.41) is 4.24. The van der Waals surface area contributed by atoms with E-state index in [1.54, 1.807) is 6.20 Å². The molecule has 2 aromatic heterocycles. The molecule has 0 spiro atoms. The van der Waals surface area contributed by atoms with E-state index in [4.69, 9.17) is 5.73 Å². The van der Waals surface area contributed by atoms with Crippen LogP contribution in [0.3, 0.4) is 0 Å². The number of hydrogen-bond donors (Lipinski definition) is 1. The molecule has 6 heteroatoms. The number of rotatable bonds is 3. The second kappa shape index (κ2) is 5.58. The summed E-state index contributed by atoms with van der Waals surface area (Å²) in [7, 11) is 1.95. The van der Waals surface area contributed by atoms with Gasteiger partial charge < -0.3 is 5.73 Å². The minimum absolute atomic E-state index is 0.328. The zero-order valence-corrected chi connectivity index (χ0v) is 11.7. The van der Waals surface area contributed by atoms with Gasteiger partial charge >= 0.3 is 0 Å². The van der Waals surface area contributed by atoms with Gasteiger partial charge in [-0.3, -0.25) is 9.58 Å². The Kier molecular flexibility index (Phi) is 3.64. The lowest BCUT2D eigenvalue weighted by Gasteiger charge is -2.35. The number of anilines is 1. The zero-order valence-electron chi connectivity index (χ0n) is 11.7. The molecule has 0 amide bonds. The molecule has 6 nitrogen and oxygen atoms in total. The molecule has 0 radical (unpaired) electrons. The van der Waals surface area contributed by atoms with Crippen LogP contribution in [0.4, 0.5) is 5.95 Å². The van der Waals surface area contributed by atoms with Gasteiger partial charge in [-0.1, -0.05) is 6.42 Å². The van der Waals surface area contributed by atoms with Crippen molar-refractivity contribution >= 4 is 5.95 Å². The maximum Gasteiger partial charge on any atom is 0.220 e. The van der Waals surface area contributed by atoms with Crippen LogP contribution in [0.5, 0.6) is 0 Å². The fraction of sp³-hybridized carbons (Fsp3) is 0.500. The number of likely N-dealkylation sites (tertiary alicyclic amines) is 1. The summed E-state index contributed by atoms with van der Waals surface area (Å²) in [6.45, 7) is 1.99. The average Bonchev–Trinajstić information content (AvgIpc) is 2.85. The van der Waals surface area contributed by atoms with Gasteiger partial charge in [-0.05, 0) is 25.5 Å². The maximum atomic E-state index is 5.71. The van der Waals surface area contributed by atoms with Gasteiger partial charge in [0.25, 0.3) is 0 Å². The van der Waals surface area contributed by atoms with Crippen LogP contribution in [-0.4, -0.2) is 31.2 Å². The Morgan fingerprint density at radius 2 is 2.30 bits per heavy atom. The molecule has 1 unspecified atom stereocenters. The minimum atomic E-state index is 0.328. The molecule has 20 heavy (non-hydrogen) atoms. The largest absolute Gasteiger partial charge is 0.368 e. The van der Waals surface area contributed by atoms with Crippen LogP contribution in [0.2, 0.25) is 0 Å². The van der Waals surface area contributed by atoms with Gasteiger partial charge in [0.05, 0.1) is 17.9 Å². The number of aryl methyl sites for hydroxylation is 1. The number of piperidine rings is 1. The summed E-state index contributed by atoms with van der Waals surface area (Å²) in [5.41, 5.74) is 7.98. The highest BCUT2D eigenvalue weighted by Crippen LogP contribution is 2.31. The van der Waals surface area contributed by atoms with Crippen molar-refractivity contribution in [1.82, 2.24) is 24.6 Å². The molecule has 0 aliphatic carbocycles. The third kappa shape index (κ3) is 2.80. The van der Waals surface area contributed by atoms with Crippen LogP contribution in [0.15, 0.2) is 24.7 Å². The van der Waals surface area contributed by atoms with E-state index in [1.807, 2.05) is 24.0 Å². The van der Waals surface area contributed by atoms with E-state index in [1.165, 1.54) is 18.4 Å². The van der Waals surface area contributed by atoms with Crippen molar-refractivity contribution in [3.05, 3.63) is 35.9 Å². The first-order valence-corrected chi connectivity index (χ1v) is 7.02. The Morgan fingerprint density at radius 1 is 1.40 bits per heavy atom. The first-order valence-electron chi connectivity index (χ1n) is 7.02. The van der Waals surface area contributed by atoms with Gasteiger partial charge in [-0.25, -0.2) is 9.97 Å². The van der Waals surface area contributed by atoms with Crippen LogP contribution in [0.25, 0.3) is 0 Å². The minimum Gasteiger partial charge on any atom is -0.368 e. The zero-order chi connectivity index (χ0) is 13.9. The van der Waals surface area contributed by atoms with E-state index in [9.17, 15) is 0 Å². The van der Waals surface area contributed by atoms with Crippen molar-refractivity contribution in [1.29, 1.82) is 0 Å². The lowest BCUT2D eigenvalue weighted by atomic mass is 9.98. The molecule has 1 atom stereocenters. The topological polar surface area (TPSA) is 72.9 Å². The van der Waals surface area contributed by atoms with E-state index < -0.39 is 0 Å². The number of aromatic nitrogens is 4. The van der Waals surface area contributed by atoms with Gasteiger partial charge in [-0.2, -0.15) is 5.10 Å². The standard InChI is InChI=1S/C14H20N6/c1-19-9-11(8-17-19)10-20-7-3-2-4-13(20)12-5-6-16-14(15)18-12/h5-6,8-9,13H,2-4,7,10H2,1H3,(H2,15,16,18). The van der Waals surface area contributed by atoms with Gasteiger partial charge in [0.1, 0.15) is 0 Å². The molecule has 3 rings (SSSR count). The highest BCUT2D eigenvalue weighted by molar-refractivity contribution is 5.20. The van der Waals surface area contributed by atoms with Gasteiger partial charge in [-0.15, -0.1) is 0 Å². The van der Waals surface area contributed by atoms with Crippen LogP contribution < -0.4 is 5.73 Å². The molecule has 1 aliphatic heterocycles. The Balaban J connectivity index is 1.80. The molecule has 0 aromatic carbocycles. The van der Waals surface area contributed by atoms with Crippen LogP contribution in [-0.2, 0) is 13.6 Å². The lowest BCUT2D eigenvalue weighted by molar-refractivity contribution is 0.137. The molecule has 1 aliphatic rings. The summed E-state index contributed by atoms with van der Waals surface area (Å²) >= 11 is 0. The third-order valence-electron chi connectivity index (χ3n) is 3.79. The van der Waals surface area contributed by atoms with Crippen molar-refractivity contribution in [2.24, 2.45) is 7.05 Å². The molecule has 2 N–H and O–H groups in total. The smallest absolute Gasteiger partial charge is 0.220 e. The highest BCUT2D eigenvalue weighted by Gasteiger charge is 2.25. The molecular formula is C14H20N6. The summed E-state index contributed by atoms with van der Waals surface area (Å²) in [6, 6.07) is 2.30. The predicted octanol–water partition coefficient (Wildman–Crippen LogP) is 1.52. The van der Waals surface area contributed by atoms with Crippen molar-refractivity contribution < 1.29 is 0 Å². The molecule has 106 valence electrons. The number of nitrogens with zero attached hydrogens (tertiary/aromatic N) is 5. The summed E-state index contributed by atoms with van der Waals surface area (Å²) in [4.78, 5) is 10.8. The summed E-state index contributed by atoms with van der Waals surface area (Å²) < 4.78 is 1.84. The molecule has 2 aromatic rings. The van der Waals surface area contributed by atoms with Crippen LogP contribution >= 0.6 is 0 Å². The number of nitrogen functional groups attached to an aromatic ring is 1. The van der Waals surface area contributed by atoms with Gasteiger partial charge in [0, 0.05) is 31.5 Å². The average molecular weight is 272 g/mol. The van der Waals surface area contributed by atoms with Crippen molar-refractivity contribution in [2.75, 3.05) is 12.3 Å². The molecule has 1 fully saturated rings. The molecule has 0 bridgehead atoms. The van der Waals surface area contributed by atoms with Crippen molar-refractivity contribution in [3.8, 4) is 0 Å². The Morgan fingerprint density at radius 3 is 3.05 bits per heavy atom. The second-order valence-electron chi connectivity index (χ2n) is 5.34. The van der Waals surface area contributed by atoms with E-state index in [-0.39, 0.29) is 0 Å². The normalized spacial score (nSPS) is 20.1. The Labute approximate surface area is 118 Å². The number of hydrogen-bond acceptors (Lipinski definition) is 5. The molecule has 0 saturated carbocycles. The van der Waals surface area contributed by atoms with Crippen molar-refractivity contribution in [2.45, 2.75) is 31.8 Å². The third-order valence-corrected chi connectivity index (χ3v) is 3.79. The fourth-order valence-corrected chi connectivity index (χ4v) is 2.88. The van der Waals surface area contributed by atoms with E-state index in [2.05, 4.69) is 26.2 Å². The van der Waals surface area contributed by atoms with E-state index in [0.717, 1.165) is 25.2 Å². The highest BCUT2D eigenvalue weighted by atomic mass is 15.2. The molecule has 1 saturated heterocycles. The Bertz CT molecular complexity index is 579. The van der Waals surface area contributed by atoms with E-state index in [0.29, 0.717) is 12.0 Å². The predicted molar refractivity (Wildman–Crippen MR) is 76.7 cm³/mol. The summed E-state index contributed by atoms with van der Waals surface area (Å²) in [5.74, 6) is 0.356. The monoisotopic (exact) mass is 272 g/mol. The van der Waals surface area contributed by atoms with Gasteiger partial charge in [0.15, 0.2) is 0 Å². The first-order chi connectivity index (χ1) is 9.72. The lowest BCUT2D eigenvalue weighted by Crippen LogP contribution is -2.33. The quantitative estimate of drug-likeness (QED) is 0.917. The van der Waals surface area contributed by atoms with Crippen molar-refractivity contribution in [3.63, 3.8) is 0 Å². The SMILES string of the molecule is Cn1cc(CN2CCCCC2c2ccnc(N)n2)cn1. The summed E-state index contributed by atoms with van der Waals surface area (Å²) in [6.07, 6.45) is 9.33. The van der Waals surface area contributed by atoms with Crippen LogP contribution in [0.1, 0.15) is 36.6 Å². The molecule has 3 heterocycles. The maximum absolute atomic E-state index is 5.71. The second-order valence-corrected chi connectivity index (χ2v) is 5.34. The van der Waals surface area contributed by atoms with Crippen LogP contribution in [0, 0.1) is 0 Å². The fourth-order valence-electron chi connectivity index (χ4n) is 2.88.